The number of aryl methyl sites for hydroxylation is 2. The molecule has 3 nitrogen and oxygen atoms in total. The van der Waals surface area contributed by atoms with Crippen molar-refractivity contribution in [3.05, 3.63) is 51.8 Å². The Morgan fingerprint density at radius 2 is 1.95 bits per heavy atom. The third-order valence-electron chi connectivity index (χ3n) is 3.22. The van der Waals surface area contributed by atoms with Crippen molar-refractivity contribution in [1.82, 2.24) is 9.78 Å². The van der Waals surface area contributed by atoms with Crippen molar-refractivity contribution >= 4 is 15.9 Å². The Balaban J connectivity index is 1.98. The van der Waals surface area contributed by atoms with Crippen LogP contribution in [-0.4, -0.2) is 21.0 Å². The summed E-state index contributed by atoms with van der Waals surface area (Å²) in [5.74, 6) is 0. The first-order valence-corrected chi connectivity index (χ1v) is 7.32. The van der Waals surface area contributed by atoms with E-state index in [2.05, 4.69) is 34.0 Å². The van der Waals surface area contributed by atoms with Crippen LogP contribution in [0.15, 0.2) is 34.8 Å². The third kappa shape index (κ3) is 3.91. The number of hydrogen-bond acceptors (Lipinski definition) is 2. The molecule has 0 aliphatic rings. The maximum Gasteiger partial charge on any atom is 0.0635 e. The molecule has 0 radical (unpaired) electrons. The first-order chi connectivity index (χ1) is 9.08. The second-order valence-corrected chi connectivity index (χ2v) is 5.71. The fourth-order valence-corrected chi connectivity index (χ4v) is 2.41. The Kier molecular flexibility index (Phi) is 4.77. The maximum atomic E-state index is 10.2. The van der Waals surface area contributed by atoms with Crippen LogP contribution in [0.4, 0.5) is 0 Å². The molecule has 0 saturated heterocycles. The molecular formula is C15H19BrN2O. The molecule has 0 fully saturated rings. The zero-order chi connectivity index (χ0) is 13.8. The summed E-state index contributed by atoms with van der Waals surface area (Å²) in [5.41, 5.74) is 3.31. The summed E-state index contributed by atoms with van der Waals surface area (Å²) >= 11 is 3.41. The zero-order valence-electron chi connectivity index (χ0n) is 11.3. The van der Waals surface area contributed by atoms with Crippen molar-refractivity contribution in [3.8, 4) is 0 Å². The zero-order valence-corrected chi connectivity index (χ0v) is 12.9. The summed E-state index contributed by atoms with van der Waals surface area (Å²) in [4.78, 5) is 0. The largest absolute Gasteiger partial charge is 0.392 e. The Morgan fingerprint density at radius 1 is 1.26 bits per heavy atom. The number of nitrogens with zero attached hydrogens (tertiary/aromatic N) is 2. The van der Waals surface area contributed by atoms with Gasteiger partial charge in [0.05, 0.1) is 11.8 Å². The SMILES string of the molecule is CCc1cc(CC(O)Cc2ccc(Br)cc2)n(C)n1. The standard InChI is InChI=1S/C15H19BrN2O/c1-3-13-9-14(18(2)17-13)10-15(19)8-11-4-6-12(16)7-5-11/h4-7,9,15,19H,3,8,10H2,1-2H3. The van der Waals surface area contributed by atoms with Gasteiger partial charge in [0.2, 0.25) is 0 Å². The highest BCUT2D eigenvalue weighted by Crippen LogP contribution is 2.14. The van der Waals surface area contributed by atoms with Gasteiger partial charge in [0.15, 0.2) is 0 Å². The molecule has 1 aromatic carbocycles. The third-order valence-corrected chi connectivity index (χ3v) is 3.75. The van der Waals surface area contributed by atoms with E-state index in [9.17, 15) is 5.11 Å². The van der Waals surface area contributed by atoms with Crippen molar-refractivity contribution in [3.63, 3.8) is 0 Å². The molecule has 1 N–H and O–H groups in total. The van der Waals surface area contributed by atoms with Gasteiger partial charge in [-0.3, -0.25) is 4.68 Å². The van der Waals surface area contributed by atoms with Crippen LogP contribution in [0.1, 0.15) is 23.9 Å². The normalized spacial score (nSPS) is 12.6. The molecule has 0 amide bonds. The highest BCUT2D eigenvalue weighted by Gasteiger charge is 2.11. The first kappa shape index (κ1) is 14.3. The minimum Gasteiger partial charge on any atom is -0.392 e. The number of aliphatic hydroxyl groups is 1. The van der Waals surface area contributed by atoms with E-state index >= 15 is 0 Å². The molecule has 2 aromatic rings. The lowest BCUT2D eigenvalue weighted by Gasteiger charge is -2.10. The van der Waals surface area contributed by atoms with Crippen molar-refractivity contribution in [1.29, 1.82) is 0 Å². The van der Waals surface area contributed by atoms with Crippen LogP contribution in [0, 0.1) is 0 Å². The lowest BCUT2D eigenvalue weighted by atomic mass is 10.0. The average Bonchev–Trinajstić information content (AvgIpc) is 2.73. The van der Waals surface area contributed by atoms with Gasteiger partial charge in [-0.05, 0) is 36.6 Å². The number of benzene rings is 1. The summed E-state index contributed by atoms with van der Waals surface area (Å²) in [6.45, 7) is 2.09. The van der Waals surface area contributed by atoms with Crippen LogP contribution in [0.2, 0.25) is 0 Å². The Bertz CT molecular complexity index is 534. The maximum absolute atomic E-state index is 10.2. The van der Waals surface area contributed by atoms with E-state index < -0.39 is 0 Å². The number of aromatic nitrogens is 2. The van der Waals surface area contributed by atoms with Crippen molar-refractivity contribution in [2.24, 2.45) is 7.05 Å². The fourth-order valence-electron chi connectivity index (χ4n) is 2.14. The average molecular weight is 323 g/mol. The van der Waals surface area contributed by atoms with Gasteiger partial charge in [-0.25, -0.2) is 0 Å². The van der Waals surface area contributed by atoms with Crippen LogP contribution in [0.5, 0.6) is 0 Å². The molecule has 1 atom stereocenters. The second kappa shape index (κ2) is 6.35. The van der Waals surface area contributed by atoms with Gasteiger partial charge in [0, 0.05) is 23.6 Å². The van der Waals surface area contributed by atoms with Crippen molar-refractivity contribution < 1.29 is 5.11 Å². The van der Waals surface area contributed by atoms with E-state index in [1.807, 2.05) is 36.0 Å². The summed E-state index contributed by atoms with van der Waals surface area (Å²) in [7, 11) is 1.93. The molecular weight excluding hydrogens is 304 g/mol. The van der Waals surface area contributed by atoms with E-state index in [-0.39, 0.29) is 6.10 Å². The quantitative estimate of drug-likeness (QED) is 0.919. The highest BCUT2D eigenvalue weighted by molar-refractivity contribution is 9.10. The van der Waals surface area contributed by atoms with Gasteiger partial charge < -0.3 is 5.11 Å². The Morgan fingerprint density at radius 3 is 2.53 bits per heavy atom. The predicted octanol–water partition coefficient (Wildman–Crippen LogP) is 2.89. The number of hydrogen-bond donors (Lipinski definition) is 1. The molecule has 19 heavy (non-hydrogen) atoms. The summed E-state index contributed by atoms with van der Waals surface area (Å²) < 4.78 is 2.92. The molecule has 102 valence electrons. The van der Waals surface area contributed by atoms with Gasteiger partial charge in [-0.15, -0.1) is 0 Å². The van der Waals surface area contributed by atoms with E-state index in [4.69, 9.17) is 0 Å². The van der Waals surface area contributed by atoms with Crippen LogP contribution in [0.25, 0.3) is 0 Å². The highest BCUT2D eigenvalue weighted by atomic mass is 79.9. The smallest absolute Gasteiger partial charge is 0.0635 e. The fraction of sp³-hybridized carbons (Fsp3) is 0.400. The van der Waals surface area contributed by atoms with Gasteiger partial charge in [-0.1, -0.05) is 35.0 Å². The molecule has 0 aliphatic carbocycles. The van der Waals surface area contributed by atoms with Crippen LogP contribution < -0.4 is 0 Å². The van der Waals surface area contributed by atoms with Crippen molar-refractivity contribution in [2.45, 2.75) is 32.3 Å². The number of rotatable bonds is 5. The number of aliphatic hydroxyl groups excluding tert-OH is 1. The van der Waals surface area contributed by atoms with Crippen molar-refractivity contribution in [2.75, 3.05) is 0 Å². The van der Waals surface area contributed by atoms with Crippen LogP contribution >= 0.6 is 15.9 Å². The minimum atomic E-state index is -0.374. The van der Waals surface area contributed by atoms with Crippen LogP contribution in [0.3, 0.4) is 0 Å². The van der Waals surface area contributed by atoms with Gasteiger partial charge in [0.25, 0.3) is 0 Å². The lowest BCUT2D eigenvalue weighted by molar-refractivity contribution is 0.173. The molecule has 4 heteroatoms. The number of halogens is 1. The van der Waals surface area contributed by atoms with Crippen LogP contribution in [-0.2, 0) is 26.3 Å². The predicted molar refractivity (Wildman–Crippen MR) is 80.1 cm³/mol. The molecule has 0 spiro atoms. The van der Waals surface area contributed by atoms with E-state index in [1.165, 1.54) is 0 Å². The molecule has 1 unspecified atom stereocenters. The molecule has 2 rings (SSSR count). The molecule has 1 aromatic heterocycles. The van der Waals surface area contributed by atoms with E-state index in [0.29, 0.717) is 12.8 Å². The topological polar surface area (TPSA) is 38.0 Å². The molecule has 0 aliphatic heterocycles. The summed E-state index contributed by atoms with van der Waals surface area (Å²) in [6.07, 6.45) is 1.86. The summed E-state index contributed by atoms with van der Waals surface area (Å²) in [5, 5.41) is 14.6. The minimum absolute atomic E-state index is 0.374. The van der Waals surface area contributed by atoms with Gasteiger partial charge in [-0.2, -0.15) is 5.10 Å². The summed E-state index contributed by atoms with van der Waals surface area (Å²) in [6, 6.07) is 10.1. The molecule has 0 bridgehead atoms. The first-order valence-electron chi connectivity index (χ1n) is 6.52. The van der Waals surface area contributed by atoms with Gasteiger partial charge >= 0.3 is 0 Å². The lowest BCUT2D eigenvalue weighted by Crippen LogP contribution is -2.16. The van der Waals surface area contributed by atoms with E-state index in [0.717, 1.165) is 27.8 Å². The molecule has 1 heterocycles. The Labute approximate surface area is 122 Å². The molecule has 0 saturated carbocycles. The van der Waals surface area contributed by atoms with E-state index in [1.54, 1.807) is 0 Å². The Hall–Kier alpha value is -1.13. The monoisotopic (exact) mass is 322 g/mol. The second-order valence-electron chi connectivity index (χ2n) is 4.79. The van der Waals surface area contributed by atoms with Gasteiger partial charge in [0.1, 0.15) is 0 Å².